The molecule has 1 heterocycles. The molecule has 0 N–H and O–H groups in total. The van der Waals surface area contributed by atoms with Crippen molar-refractivity contribution in [1.82, 2.24) is 4.98 Å². The van der Waals surface area contributed by atoms with Crippen molar-refractivity contribution >= 4 is 63.0 Å². The molecule has 4 aromatic carbocycles. The van der Waals surface area contributed by atoms with Crippen molar-refractivity contribution < 1.29 is 67.1 Å². The zero-order valence-electron chi connectivity index (χ0n) is 48.3. The smallest absolute Gasteiger partial charge is 0.330 e. The van der Waals surface area contributed by atoms with Gasteiger partial charge in [0.25, 0.3) is 0 Å². The number of hydrogen-bond donors (Lipinski definition) is 0. The Bertz CT molecular complexity index is 2850. The number of anilines is 1. The molecule has 84 heavy (non-hydrogen) atoms. The number of benzene rings is 4. The van der Waals surface area contributed by atoms with E-state index in [-0.39, 0.29) is 35.6 Å². The zero-order chi connectivity index (χ0) is 59.0. The number of carbonyl (C=O) groups excluding carboxylic acids is 4. The van der Waals surface area contributed by atoms with E-state index in [1.54, 1.807) is 60.8 Å². The second-order valence-electron chi connectivity index (χ2n) is 20.9. The molecule has 2 fully saturated rings. The molecule has 2 aliphatic rings. The van der Waals surface area contributed by atoms with Crippen LogP contribution in [0.15, 0.2) is 127 Å². The number of thiazole rings is 1. The lowest BCUT2D eigenvalue weighted by molar-refractivity contribution is -0.218. The molecule has 450 valence electrons. The summed E-state index contributed by atoms with van der Waals surface area (Å²) in [4.78, 5) is 77.2. The number of carbonyl (C=O) groups is 4. The molecule has 0 saturated heterocycles. The highest BCUT2D eigenvalue weighted by Gasteiger charge is 2.30. The summed E-state index contributed by atoms with van der Waals surface area (Å²) in [7, 11) is 0. The fourth-order valence-electron chi connectivity index (χ4n) is 9.46. The predicted octanol–water partition coefficient (Wildman–Crippen LogP) is 14.1. The Hall–Kier alpha value is -7.61. The Balaban J connectivity index is 0.865. The average Bonchev–Trinajstić information content (AvgIpc) is 4.09. The highest BCUT2D eigenvalue weighted by molar-refractivity contribution is 7.22. The Kier molecular flexibility index (Phi) is 27.5. The molecular formula is C65H80N4O14S. The van der Waals surface area contributed by atoms with Crippen LogP contribution in [-0.2, 0) is 38.4 Å². The summed E-state index contributed by atoms with van der Waals surface area (Å²) in [5, 5.41) is 11.6. The molecule has 18 nitrogen and oxygen atoms in total. The second kappa shape index (κ2) is 36.2. The van der Waals surface area contributed by atoms with Crippen LogP contribution >= 0.6 is 11.3 Å². The summed E-state index contributed by atoms with van der Waals surface area (Å²) in [6, 6.07) is 27.4. The molecule has 0 spiro atoms. The number of nitrogens with zero attached hydrogens (tertiary/aromatic N) is 4. The molecule has 5 aromatic rings. The normalized spacial score (nSPS) is 16.9. The molecule has 2 aliphatic carbocycles. The van der Waals surface area contributed by atoms with Crippen LogP contribution in [0.5, 0.6) is 34.5 Å². The quantitative estimate of drug-likeness (QED) is 0.00690. The number of rotatable bonds is 37. The van der Waals surface area contributed by atoms with Crippen LogP contribution in [0.3, 0.4) is 0 Å². The maximum atomic E-state index is 13.7. The SMILES string of the molecule is C=CC(=O)OCCCCCCOc1ccc(OOCC2CCC(C(=O)Oc3ccc(OOCC4CCC(C(=O)Oc5ccc(OCCCCCCOC(=O)C=C)cc5)CC4)c(/C=N/N(/N=C/CCCC)c4nc5ccccc5s4)c3)CC2)cc1. The van der Waals surface area contributed by atoms with Gasteiger partial charge in [0, 0.05) is 23.9 Å². The molecule has 0 aliphatic heterocycles. The summed E-state index contributed by atoms with van der Waals surface area (Å²) in [6.07, 6.45) is 21.4. The average molecular weight is 1170 g/mol. The first kappa shape index (κ1) is 64.0. The maximum absolute atomic E-state index is 13.7. The van der Waals surface area contributed by atoms with E-state index in [4.69, 9.17) is 58.1 Å². The van der Waals surface area contributed by atoms with Crippen molar-refractivity contribution in [2.24, 2.45) is 33.9 Å². The molecule has 7 rings (SSSR count). The van der Waals surface area contributed by atoms with Crippen molar-refractivity contribution in [1.29, 1.82) is 0 Å². The minimum Gasteiger partial charge on any atom is -0.494 e. The molecule has 0 bridgehead atoms. The first-order valence-corrected chi connectivity index (χ1v) is 30.4. The van der Waals surface area contributed by atoms with Crippen LogP contribution in [0.1, 0.15) is 134 Å². The lowest BCUT2D eigenvalue weighted by atomic mass is 9.82. The van der Waals surface area contributed by atoms with Crippen molar-refractivity contribution in [2.45, 2.75) is 129 Å². The number of aromatic nitrogens is 1. The molecule has 2 saturated carbocycles. The van der Waals surface area contributed by atoms with Gasteiger partial charge in [-0.3, -0.25) is 9.59 Å². The molecule has 1 aromatic heterocycles. The van der Waals surface area contributed by atoms with Gasteiger partial charge >= 0.3 is 23.9 Å². The Morgan fingerprint density at radius 1 is 0.583 bits per heavy atom. The predicted molar refractivity (Wildman–Crippen MR) is 323 cm³/mol. The Morgan fingerprint density at radius 3 is 1.65 bits per heavy atom. The van der Waals surface area contributed by atoms with Gasteiger partial charge in [0.05, 0.1) is 67.9 Å². The first-order valence-electron chi connectivity index (χ1n) is 29.6. The third-order valence-corrected chi connectivity index (χ3v) is 15.4. The number of esters is 4. The summed E-state index contributed by atoms with van der Waals surface area (Å²) < 4.78 is 34.5. The number of ether oxygens (including phenoxy) is 6. The van der Waals surface area contributed by atoms with Crippen molar-refractivity contribution in [2.75, 3.05) is 44.8 Å². The Morgan fingerprint density at radius 2 is 1.10 bits per heavy atom. The van der Waals surface area contributed by atoms with Gasteiger partial charge < -0.3 is 38.2 Å². The monoisotopic (exact) mass is 1170 g/mol. The topological polar surface area (TPSA) is 201 Å². The molecular weight excluding hydrogens is 1090 g/mol. The number of hydrazone groups is 2. The van der Waals surface area contributed by atoms with Crippen molar-refractivity contribution in [3.05, 3.63) is 122 Å². The van der Waals surface area contributed by atoms with Gasteiger partial charge in [0.1, 0.15) is 23.0 Å². The minimum absolute atomic E-state index is 0.153. The van der Waals surface area contributed by atoms with Crippen LogP contribution in [0.4, 0.5) is 5.13 Å². The Labute approximate surface area is 496 Å². The number of hydrogen-bond acceptors (Lipinski definition) is 19. The minimum atomic E-state index is -0.402. The largest absolute Gasteiger partial charge is 0.494 e. The van der Waals surface area contributed by atoms with E-state index >= 15 is 0 Å². The standard InChI is InChI=1S/C65H80N4O14S/c1-4-7-14-39-66-69(65-68-58-19-12-13-20-60(58)84-65)67-45-52-44-57(81-64(73)51-27-21-48(22-28-51)46-78-82-56-35-31-54(32-36-56)75-41-16-9-11-18-43-77-62(71)6-3)37-38-59(52)83-79-47-49-23-25-50(26-24-49)63(72)80-55-33-29-53(30-34-55)74-40-15-8-10-17-42-76-61(70)5-2/h5-6,12-13,19-20,29-39,44-45,48-51H,2-4,7-11,14-18,21-28,40-43,46-47H2,1H3/b66-39+,67-45+. The third-order valence-electron chi connectivity index (χ3n) is 14.4. The van der Waals surface area contributed by atoms with Crippen molar-refractivity contribution in [3.63, 3.8) is 0 Å². The van der Waals surface area contributed by atoms with E-state index in [2.05, 4.69) is 25.2 Å². The highest BCUT2D eigenvalue weighted by atomic mass is 32.1. The first-order chi connectivity index (χ1) is 41.2. The van der Waals surface area contributed by atoms with Crippen LogP contribution in [0.2, 0.25) is 0 Å². The maximum Gasteiger partial charge on any atom is 0.330 e. The van der Waals surface area contributed by atoms with E-state index in [9.17, 15) is 19.2 Å². The van der Waals surface area contributed by atoms with Crippen molar-refractivity contribution in [3.8, 4) is 34.5 Å². The van der Waals surface area contributed by atoms with E-state index in [1.165, 1.54) is 28.6 Å². The van der Waals surface area contributed by atoms with Crippen LogP contribution < -0.4 is 33.8 Å². The molecule has 0 unspecified atom stereocenters. The van der Waals surface area contributed by atoms with Crippen LogP contribution in [-0.4, -0.2) is 80.9 Å². The molecule has 0 atom stereocenters. The third kappa shape index (κ3) is 22.5. The van der Waals surface area contributed by atoms with Gasteiger partial charge in [-0.05, 0) is 206 Å². The lowest BCUT2D eigenvalue weighted by Crippen LogP contribution is -2.27. The van der Waals surface area contributed by atoms with E-state index in [1.807, 2.05) is 42.6 Å². The van der Waals surface area contributed by atoms with Gasteiger partial charge in [-0.2, -0.15) is 20.0 Å². The fraction of sp³-hybridized carbons (Fsp3) is 0.462. The molecule has 0 amide bonds. The van der Waals surface area contributed by atoms with Gasteiger partial charge in [-0.25, -0.2) is 14.6 Å². The molecule has 0 radical (unpaired) electrons. The van der Waals surface area contributed by atoms with E-state index in [0.29, 0.717) is 105 Å². The molecule has 19 heteroatoms. The summed E-state index contributed by atoms with van der Waals surface area (Å²) in [5.74, 6) is 1.67. The number of para-hydroxylation sites is 1. The summed E-state index contributed by atoms with van der Waals surface area (Å²) >= 11 is 1.47. The van der Waals surface area contributed by atoms with Gasteiger partial charge in [0.15, 0.2) is 11.5 Å². The summed E-state index contributed by atoms with van der Waals surface area (Å²) in [6.45, 7) is 11.5. The van der Waals surface area contributed by atoms with Gasteiger partial charge in [-0.15, -0.1) is 5.12 Å². The number of unbranched alkanes of at least 4 members (excludes halogenated alkanes) is 8. The highest BCUT2D eigenvalue weighted by Crippen LogP contribution is 2.35. The summed E-state index contributed by atoms with van der Waals surface area (Å²) in [5.41, 5.74) is 1.33. The second-order valence-corrected chi connectivity index (χ2v) is 21.9. The van der Waals surface area contributed by atoms with Gasteiger partial charge in [-0.1, -0.05) is 50.0 Å². The van der Waals surface area contributed by atoms with Gasteiger partial charge in [0.2, 0.25) is 5.13 Å². The van der Waals surface area contributed by atoms with Crippen LogP contribution in [0.25, 0.3) is 10.2 Å². The fourth-order valence-corrected chi connectivity index (χ4v) is 10.3. The van der Waals surface area contributed by atoms with E-state index in [0.717, 1.165) is 112 Å². The lowest BCUT2D eigenvalue weighted by Gasteiger charge is -2.26. The zero-order valence-corrected chi connectivity index (χ0v) is 49.1. The number of fused-ring (bicyclic) bond motifs is 1. The van der Waals surface area contributed by atoms with E-state index < -0.39 is 11.9 Å². The van der Waals surface area contributed by atoms with Crippen LogP contribution in [0, 0.1) is 23.7 Å².